The van der Waals surface area contributed by atoms with Gasteiger partial charge in [-0.2, -0.15) is 0 Å². The number of nitrogens with one attached hydrogen (secondary N) is 2. The molecule has 48 heavy (non-hydrogen) atoms. The molecule has 0 aromatic heterocycles. The van der Waals surface area contributed by atoms with Crippen molar-refractivity contribution in [2.45, 2.75) is 151 Å². The lowest BCUT2D eigenvalue weighted by molar-refractivity contribution is -0.352. The minimum absolute atomic E-state index is 0.0743. The van der Waals surface area contributed by atoms with Crippen LogP contribution in [0.4, 0.5) is 0 Å². The van der Waals surface area contributed by atoms with Crippen LogP contribution in [0.2, 0.25) is 0 Å². The molecule has 0 aromatic carbocycles. The molecular weight excluding hydrogens is 755 g/mol. The standard InChI is InChI=1S/C30H53IN2O15/c1-4-5-6-7-8-9-10-43-29-26(42)25(41)22(38)17(47-29)13-44-30-27(24(40)19(14(2)45-30)33-18(36)11-31)48-28-20(32-15(3)35)23(39)21(37)16(12-34)46-28/h14,16-17,19-30,34,37-42H,4-13H2,1-3H3,(H,32,35)(H,33,36)/t14-,16-,17-,19-,20-,21-,22-,23-,24+,25+,26-,27+,28+,29-,30+/m1/s1. The molecule has 0 unspecified atom stereocenters. The van der Waals surface area contributed by atoms with Crippen LogP contribution in [0.25, 0.3) is 0 Å². The number of aliphatic hydroxyl groups excluding tert-OH is 7. The lowest BCUT2D eigenvalue weighted by Crippen LogP contribution is -2.69. The van der Waals surface area contributed by atoms with Crippen LogP contribution >= 0.6 is 22.6 Å². The third-order valence-electron chi connectivity index (χ3n) is 8.69. The molecule has 3 heterocycles. The van der Waals surface area contributed by atoms with Gasteiger partial charge in [-0.25, -0.2) is 0 Å². The van der Waals surface area contributed by atoms with E-state index in [9.17, 15) is 45.3 Å². The third kappa shape index (κ3) is 11.1. The van der Waals surface area contributed by atoms with E-state index >= 15 is 0 Å². The van der Waals surface area contributed by atoms with Crippen LogP contribution in [-0.4, -0.2) is 164 Å². The van der Waals surface area contributed by atoms with E-state index in [2.05, 4.69) is 17.6 Å². The van der Waals surface area contributed by atoms with Crippen LogP contribution < -0.4 is 10.6 Å². The van der Waals surface area contributed by atoms with Crippen LogP contribution in [0.5, 0.6) is 0 Å². The quantitative estimate of drug-likeness (QED) is 0.0420. The van der Waals surface area contributed by atoms with Crippen LogP contribution in [0.1, 0.15) is 59.3 Å². The van der Waals surface area contributed by atoms with Crippen molar-refractivity contribution in [2.75, 3.05) is 24.2 Å². The van der Waals surface area contributed by atoms with Crippen LogP contribution in [-0.2, 0) is 38.0 Å². The average Bonchev–Trinajstić information content (AvgIpc) is 3.06. The Balaban J connectivity index is 1.76. The monoisotopic (exact) mass is 808 g/mol. The molecule has 3 rings (SSSR count). The minimum atomic E-state index is -1.65. The first-order chi connectivity index (χ1) is 22.8. The molecule has 0 saturated carbocycles. The summed E-state index contributed by atoms with van der Waals surface area (Å²) in [6.07, 6.45) is -12.6. The first-order valence-electron chi connectivity index (χ1n) is 16.5. The molecule has 0 radical (unpaired) electrons. The fourth-order valence-corrected chi connectivity index (χ4v) is 6.15. The number of aliphatic hydroxyl groups is 7. The molecule has 18 heteroatoms. The maximum Gasteiger partial charge on any atom is 0.230 e. The van der Waals surface area contributed by atoms with E-state index in [1.807, 2.05) is 22.6 Å². The molecule has 17 nitrogen and oxygen atoms in total. The zero-order chi connectivity index (χ0) is 35.5. The number of hydrogen-bond donors (Lipinski definition) is 9. The van der Waals surface area contributed by atoms with Crippen molar-refractivity contribution in [3.8, 4) is 0 Å². The number of halogens is 1. The highest BCUT2D eigenvalue weighted by Crippen LogP contribution is 2.31. The van der Waals surface area contributed by atoms with E-state index in [4.69, 9.17) is 28.4 Å². The Morgan fingerprint density at radius 3 is 2.02 bits per heavy atom. The van der Waals surface area contributed by atoms with Gasteiger partial charge < -0.3 is 74.8 Å². The number of alkyl halides is 1. The van der Waals surface area contributed by atoms with E-state index < -0.39 is 117 Å². The largest absolute Gasteiger partial charge is 0.394 e. The van der Waals surface area contributed by atoms with Gasteiger partial charge in [-0.15, -0.1) is 0 Å². The summed E-state index contributed by atoms with van der Waals surface area (Å²) in [7, 11) is 0. The number of rotatable bonds is 17. The maximum atomic E-state index is 12.3. The highest BCUT2D eigenvalue weighted by Gasteiger charge is 2.52. The lowest BCUT2D eigenvalue weighted by atomic mass is 9.94. The van der Waals surface area contributed by atoms with Gasteiger partial charge in [0.05, 0.1) is 29.8 Å². The van der Waals surface area contributed by atoms with Gasteiger partial charge in [0.2, 0.25) is 11.8 Å². The van der Waals surface area contributed by atoms with Crippen molar-refractivity contribution in [1.29, 1.82) is 0 Å². The van der Waals surface area contributed by atoms with Gasteiger partial charge >= 0.3 is 0 Å². The van der Waals surface area contributed by atoms with Gasteiger partial charge in [0, 0.05) is 13.5 Å². The van der Waals surface area contributed by atoms with E-state index in [0.29, 0.717) is 6.42 Å². The van der Waals surface area contributed by atoms with E-state index in [0.717, 1.165) is 32.1 Å². The molecular formula is C30H53IN2O15. The van der Waals surface area contributed by atoms with Crippen LogP contribution in [0.15, 0.2) is 0 Å². The molecule has 0 aliphatic carbocycles. The normalized spacial score (nSPS) is 40.4. The van der Waals surface area contributed by atoms with Crippen molar-refractivity contribution in [1.82, 2.24) is 10.6 Å². The van der Waals surface area contributed by atoms with Crippen LogP contribution in [0, 0.1) is 0 Å². The number of hydrogen-bond acceptors (Lipinski definition) is 15. The second-order valence-electron chi connectivity index (χ2n) is 12.4. The number of ether oxygens (including phenoxy) is 6. The zero-order valence-corrected chi connectivity index (χ0v) is 29.7. The van der Waals surface area contributed by atoms with Crippen LogP contribution in [0.3, 0.4) is 0 Å². The number of carbonyl (C=O) groups is 2. The number of unbranched alkanes of at least 4 members (excludes halogenated alkanes) is 5. The number of amides is 2. The molecule has 3 saturated heterocycles. The predicted octanol–water partition coefficient (Wildman–Crippen LogP) is -2.46. The van der Waals surface area contributed by atoms with Crippen molar-refractivity contribution in [3.63, 3.8) is 0 Å². The van der Waals surface area contributed by atoms with Gasteiger partial charge in [0.1, 0.15) is 61.0 Å². The topological polar surface area (TPSA) is 255 Å². The second kappa shape index (κ2) is 20.3. The summed E-state index contributed by atoms with van der Waals surface area (Å²) in [5, 5.41) is 79.2. The van der Waals surface area contributed by atoms with Crippen molar-refractivity contribution in [3.05, 3.63) is 0 Å². The molecule has 15 atom stereocenters. The highest BCUT2D eigenvalue weighted by molar-refractivity contribution is 14.1. The maximum absolute atomic E-state index is 12.3. The fourth-order valence-electron chi connectivity index (χ4n) is 5.93. The summed E-state index contributed by atoms with van der Waals surface area (Å²) in [4.78, 5) is 24.2. The Morgan fingerprint density at radius 2 is 1.38 bits per heavy atom. The predicted molar refractivity (Wildman–Crippen MR) is 173 cm³/mol. The molecule has 9 N–H and O–H groups in total. The Bertz CT molecular complexity index is 987. The van der Waals surface area contributed by atoms with Crippen molar-refractivity contribution >= 4 is 34.4 Å². The molecule has 3 aliphatic heterocycles. The Labute approximate surface area is 293 Å². The first-order valence-corrected chi connectivity index (χ1v) is 18.0. The average molecular weight is 809 g/mol. The summed E-state index contributed by atoms with van der Waals surface area (Å²) in [6, 6.07) is -2.38. The van der Waals surface area contributed by atoms with Crippen molar-refractivity contribution < 1.29 is 73.8 Å². The Kier molecular flexibility index (Phi) is 17.5. The Morgan fingerprint density at radius 1 is 0.729 bits per heavy atom. The molecule has 2 amide bonds. The summed E-state index contributed by atoms with van der Waals surface area (Å²) >= 11 is 1.85. The zero-order valence-electron chi connectivity index (χ0n) is 27.5. The Hall–Kier alpha value is -0.850. The summed E-state index contributed by atoms with van der Waals surface area (Å²) in [5.41, 5.74) is 0. The molecule has 0 bridgehead atoms. The molecule has 0 aromatic rings. The SMILES string of the molecule is CCCCCCCCO[C@@H]1O[C@H](CO[C@H]2O[C@H](C)[C@@H](NC(=O)CI)[C@H](O)[C@@H]2O[C@@H]2O[C@H](CO)[C@@H](O)[C@H](O)[C@H]2NC(C)=O)[C@@H](O)[C@H](O)[C@H]1O. The van der Waals surface area contributed by atoms with Gasteiger partial charge in [0.15, 0.2) is 18.9 Å². The van der Waals surface area contributed by atoms with E-state index in [1.165, 1.54) is 6.92 Å². The fraction of sp³-hybridized carbons (Fsp3) is 0.933. The van der Waals surface area contributed by atoms with Gasteiger partial charge in [-0.3, -0.25) is 9.59 Å². The third-order valence-corrected chi connectivity index (χ3v) is 9.38. The highest BCUT2D eigenvalue weighted by atomic mass is 127. The van der Waals surface area contributed by atoms with E-state index in [-0.39, 0.29) is 11.0 Å². The first kappa shape index (κ1) is 41.6. The minimum Gasteiger partial charge on any atom is -0.394 e. The molecule has 0 spiro atoms. The summed E-state index contributed by atoms with van der Waals surface area (Å²) in [6.45, 7) is 3.97. The smallest absolute Gasteiger partial charge is 0.230 e. The molecule has 3 fully saturated rings. The van der Waals surface area contributed by atoms with Gasteiger partial charge in [0.25, 0.3) is 0 Å². The molecule has 3 aliphatic rings. The molecule has 280 valence electrons. The van der Waals surface area contributed by atoms with Crippen molar-refractivity contribution in [2.24, 2.45) is 0 Å². The van der Waals surface area contributed by atoms with Gasteiger partial charge in [-0.05, 0) is 13.3 Å². The van der Waals surface area contributed by atoms with E-state index in [1.54, 1.807) is 6.92 Å². The van der Waals surface area contributed by atoms with Gasteiger partial charge in [-0.1, -0.05) is 61.6 Å². The lowest BCUT2D eigenvalue weighted by Gasteiger charge is -2.48. The summed E-state index contributed by atoms with van der Waals surface area (Å²) < 4.78 is 35.2. The number of carbonyl (C=O) groups excluding carboxylic acids is 2. The summed E-state index contributed by atoms with van der Waals surface area (Å²) in [5.74, 6) is -1.01. The second-order valence-corrected chi connectivity index (χ2v) is 13.2.